The minimum Gasteiger partial charge on any atom is -0.360 e. The van der Waals surface area contributed by atoms with Crippen LogP contribution in [0.4, 0.5) is 5.82 Å². The van der Waals surface area contributed by atoms with Crippen molar-refractivity contribution in [2.75, 3.05) is 32.1 Å². The molecule has 2 aromatic rings. The number of nitrogens with zero attached hydrogens (tertiary/aromatic N) is 3. The Balaban J connectivity index is 1.99. The Morgan fingerprint density at radius 3 is 2.78 bits per heavy atom. The molecule has 18 heavy (non-hydrogen) atoms. The third kappa shape index (κ3) is 3.07. The number of anilines is 1. The van der Waals surface area contributed by atoms with Gasteiger partial charge in [-0.2, -0.15) is 0 Å². The van der Waals surface area contributed by atoms with Crippen LogP contribution in [0.3, 0.4) is 0 Å². The van der Waals surface area contributed by atoms with Gasteiger partial charge >= 0.3 is 0 Å². The van der Waals surface area contributed by atoms with Gasteiger partial charge in [0.15, 0.2) is 5.82 Å². The van der Waals surface area contributed by atoms with Gasteiger partial charge in [0, 0.05) is 19.8 Å². The summed E-state index contributed by atoms with van der Waals surface area (Å²) >= 11 is 0. The summed E-state index contributed by atoms with van der Waals surface area (Å²) in [5.74, 6) is 0.904. The maximum atomic E-state index is 4.25. The minimum atomic E-state index is 0.868. The van der Waals surface area contributed by atoms with Gasteiger partial charge in [0.1, 0.15) is 5.69 Å². The van der Waals surface area contributed by atoms with Crippen LogP contribution >= 0.6 is 0 Å². The Bertz CT molecular complexity index is 449. The largest absolute Gasteiger partial charge is 0.360 e. The zero-order valence-corrected chi connectivity index (χ0v) is 10.8. The zero-order chi connectivity index (χ0) is 12.8. The topological polar surface area (TPSA) is 56.8 Å². The van der Waals surface area contributed by atoms with Crippen molar-refractivity contribution in [2.24, 2.45) is 0 Å². The Labute approximate surface area is 107 Å². The first-order valence-electron chi connectivity index (χ1n) is 6.14. The second-order valence-corrected chi connectivity index (χ2v) is 4.24. The molecule has 2 heterocycles. The number of nitrogens with one attached hydrogen (secondary N) is 2. The normalized spacial score (nSPS) is 10.6. The Morgan fingerprint density at radius 2 is 2.17 bits per heavy atom. The highest BCUT2D eigenvalue weighted by Crippen LogP contribution is 2.15. The minimum absolute atomic E-state index is 0.868. The summed E-state index contributed by atoms with van der Waals surface area (Å²) in [5, 5.41) is 11.6. The van der Waals surface area contributed by atoms with E-state index in [0.29, 0.717) is 0 Å². The summed E-state index contributed by atoms with van der Waals surface area (Å²) < 4.78 is 0. The van der Waals surface area contributed by atoms with Crippen LogP contribution in [0.5, 0.6) is 0 Å². The fourth-order valence-corrected chi connectivity index (χ4v) is 1.77. The molecule has 5 nitrogen and oxygen atoms in total. The second kappa shape index (κ2) is 6.16. The first-order valence-corrected chi connectivity index (χ1v) is 6.14. The van der Waals surface area contributed by atoms with E-state index in [2.05, 4.69) is 25.4 Å². The summed E-state index contributed by atoms with van der Waals surface area (Å²) in [7, 11) is 4.00. The number of rotatable bonds is 6. The van der Waals surface area contributed by atoms with Gasteiger partial charge in [0.05, 0.1) is 5.69 Å². The second-order valence-electron chi connectivity index (χ2n) is 4.24. The van der Waals surface area contributed by atoms with Gasteiger partial charge in [-0.25, -0.2) is 0 Å². The predicted octanol–water partition coefficient (Wildman–Crippen LogP) is 1.52. The van der Waals surface area contributed by atoms with E-state index < -0.39 is 0 Å². The van der Waals surface area contributed by atoms with Crippen molar-refractivity contribution in [1.29, 1.82) is 0 Å². The molecule has 0 aliphatic rings. The lowest BCUT2D eigenvalue weighted by molar-refractivity contribution is 0.706. The van der Waals surface area contributed by atoms with E-state index in [1.54, 1.807) is 0 Å². The summed E-state index contributed by atoms with van der Waals surface area (Å²) in [6.45, 7) is 1.98. The zero-order valence-electron chi connectivity index (χ0n) is 10.8. The Kier molecular flexibility index (Phi) is 4.30. The molecule has 2 aromatic heterocycles. The molecule has 0 spiro atoms. The smallest absolute Gasteiger partial charge is 0.151 e. The molecule has 2 rings (SSSR count). The Morgan fingerprint density at radius 1 is 1.28 bits per heavy atom. The van der Waals surface area contributed by atoms with Crippen LogP contribution in [0.25, 0.3) is 11.4 Å². The number of H-pyrrole nitrogens is 1. The van der Waals surface area contributed by atoms with Crippen LogP contribution in [0.15, 0.2) is 30.5 Å². The molecule has 0 fully saturated rings. The van der Waals surface area contributed by atoms with Crippen molar-refractivity contribution >= 4 is 5.82 Å². The molecule has 0 amide bonds. The Hall–Kier alpha value is -1.88. The summed E-state index contributed by atoms with van der Waals surface area (Å²) in [4.78, 5) is 5.23. The molecule has 0 aliphatic heterocycles. The van der Waals surface area contributed by atoms with E-state index in [4.69, 9.17) is 0 Å². The highest BCUT2D eigenvalue weighted by atomic mass is 15.2. The molecule has 96 valence electrons. The fourth-order valence-electron chi connectivity index (χ4n) is 1.77. The molecular weight excluding hydrogens is 226 g/mol. The SMILES string of the molecule is CNCCCN(C)c1ccc(-c2ccc[nH]2)nn1. The van der Waals surface area contributed by atoms with E-state index in [1.807, 2.05) is 44.6 Å². The van der Waals surface area contributed by atoms with Gasteiger partial charge in [0.25, 0.3) is 0 Å². The van der Waals surface area contributed by atoms with Crippen LogP contribution < -0.4 is 10.2 Å². The number of hydrogen-bond donors (Lipinski definition) is 2. The number of hydrogen-bond acceptors (Lipinski definition) is 4. The van der Waals surface area contributed by atoms with E-state index in [9.17, 15) is 0 Å². The third-order valence-corrected chi connectivity index (χ3v) is 2.84. The van der Waals surface area contributed by atoms with Crippen molar-refractivity contribution in [2.45, 2.75) is 6.42 Å². The van der Waals surface area contributed by atoms with E-state index in [-0.39, 0.29) is 0 Å². The molecule has 0 aliphatic carbocycles. The molecular formula is C13H19N5. The first-order chi connectivity index (χ1) is 8.81. The van der Waals surface area contributed by atoms with E-state index in [1.165, 1.54) is 0 Å². The molecule has 0 saturated heterocycles. The average molecular weight is 245 g/mol. The highest BCUT2D eigenvalue weighted by Gasteiger charge is 2.04. The number of aromatic amines is 1. The van der Waals surface area contributed by atoms with Gasteiger partial charge in [-0.3, -0.25) is 0 Å². The van der Waals surface area contributed by atoms with Gasteiger partial charge in [-0.05, 0) is 44.3 Å². The third-order valence-electron chi connectivity index (χ3n) is 2.84. The van der Waals surface area contributed by atoms with Crippen molar-refractivity contribution in [3.63, 3.8) is 0 Å². The average Bonchev–Trinajstić information content (AvgIpc) is 2.93. The molecule has 0 radical (unpaired) electrons. The quantitative estimate of drug-likeness (QED) is 0.758. The molecule has 0 atom stereocenters. The van der Waals surface area contributed by atoms with Crippen molar-refractivity contribution in [3.8, 4) is 11.4 Å². The lowest BCUT2D eigenvalue weighted by atomic mass is 10.3. The molecule has 0 saturated carbocycles. The van der Waals surface area contributed by atoms with Crippen LogP contribution in [0.1, 0.15) is 6.42 Å². The van der Waals surface area contributed by atoms with Gasteiger partial charge in [-0.1, -0.05) is 0 Å². The van der Waals surface area contributed by atoms with Crippen molar-refractivity contribution in [1.82, 2.24) is 20.5 Å². The summed E-state index contributed by atoms with van der Waals surface area (Å²) in [6, 6.07) is 7.93. The maximum absolute atomic E-state index is 4.25. The molecule has 0 aromatic carbocycles. The van der Waals surface area contributed by atoms with Crippen molar-refractivity contribution in [3.05, 3.63) is 30.5 Å². The standard InChI is InChI=1S/C13H19N5/c1-14-8-4-10-18(2)13-7-6-12(16-17-13)11-5-3-9-15-11/h3,5-7,9,14-15H,4,8,10H2,1-2H3. The number of aromatic nitrogens is 3. The van der Waals surface area contributed by atoms with Crippen LogP contribution in [-0.4, -0.2) is 42.4 Å². The fraction of sp³-hybridized carbons (Fsp3) is 0.385. The van der Waals surface area contributed by atoms with Crippen LogP contribution in [0.2, 0.25) is 0 Å². The van der Waals surface area contributed by atoms with Gasteiger partial charge in [-0.15, -0.1) is 10.2 Å². The van der Waals surface area contributed by atoms with E-state index >= 15 is 0 Å². The predicted molar refractivity (Wildman–Crippen MR) is 73.6 cm³/mol. The van der Waals surface area contributed by atoms with Crippen LogP contribution in [0, 0.1) is 0 Å². The maximum Gasteiger partial charge on any atom is 0.151 e. The monoisotopic (exact) mass is 245 g/mol. The summed E-state index contributed by atoms with van der Waals surface area (Å²) in [5.41, 5.74) is 1.86. The summed E-state index contributed by atoms with van der Waals surface area (Å²) in [6.07, 6.45) is 2.97. The molecule has 5 heteroatoms. The van der Waals surface area contributed by atoms with E-state index in [0.717, 1.165) is 36.7 Å². The van der Waals surface area contributed by atoms with Crippen molar-refractivity contribution < 1.29 is 0 Å². The van der Waals surface area contributed by atoms with Gasteiger partial charge < -0.3 is 15.2 Å². The van der Waals surface area contributed by atoms with Gasteiger partial charge in [0.2, 0.25) is 0 Å². The first kappa shape index (κ1) is 12.6. The molecule has 0 unspecified atom stereocenters. The lowest BCUT2D eigenvalue weighted by Gasteiger charge is -2.17. The van der Waals surface area contributed by atoms with Crippen LogP contribution in [-0.2, 0) is 0 Å². The molecule has 0 bridgehead atoms. The molecule has 2 N–H and O–H groups in total. The lowest BCUT2D eigenvalue weighted by Crippen LogP contribution is -2.23. The highest BCUT2D eigenvalue weighted by molar-refractivity contribution is 5.55.